The molecule has 2 unspecified atom stereocenters. The highest BCUT2D eigenvalue weighted by Gasteiger charge is 2.48. The fraction of sp³-hybridized carbons (Fsp3) is 0.417. The lowest BCUT2D eigenvalue weighted by Gasteiger charge is -2.31. The third kappa shape index (κ3) is 1.23. The third-order valence-electron chi connectivity index (χ3n) is 3.52. The summed E-state index contributed by atoms with van der Waals surface area (Å²) >= 11 is 0. The average molecular weight is 218 g/mol. The van der Waals surface area contributed by atoms with Gasteiger partial charge in [-0.2, -0.15) is 0 Å². The van der Waals surface area contributed by atoms with Crippen molar-refractivity contribution in [1.29, 1.82) is 0 Å². The Morgan fingerprint density at radius 1 is 1.44 bits per heavy atom. The first-order chi connectivity index (χ1) is 7.66. The van der Waals surface area contributed by atoms with Crippen molar-refractivity contribution in [2.24, 2.45) is 0 Å². The molecule has 2 bridgehead atoms. The predicted octanol–water partition coefficient (Wildman–Crippen LogP) is 0.811. The molecule has 0 aliphatic carbocycles. The summed E-state index contributed by atoms with van der Waals surface area (Å²) in [6.45, 7) is 0.923. The van der Waals surface area contributed by atoms with E-state index in [0.717, 1.165) is 18.7 Å². The van der Waals surface area contributed by atoms with Crippen LogP contribution >= 0.6 is 0 Å². The second kappa shape index (κ2) is 3.22. The van der Waals surface area contributed by atoms with Gasteiger partial charge in [0.2, 0.25) is 5.91 Å². The number of phenols is 1. The van der Waals surface area contributed by atoms with Crippen molar-refractivity contribution in [3.8, 4) is 5.75 Å². The molecule has 2 saturated heterocycles. The number of hydrogen-bond donors (Lipinski definition) is 1. The molecule has 1 aromatic rings. The largest absolute Gasteiger partial charge is 0.508 e. The van der Waals surface area contributed by atoms with Crippen LogP contribution in [0.25, 0.3) is 0 Å². The lowest BCUT2D eigenvalue weighted by molar-refractivity contribution is -0.122. The van der Waals surface area contributed by atoms with E-state index in [1.807, 2.05) is 18.0 Å². The molecule has 2 aliphatic rings. The van der Waals surface area contributed by atoms with Crippen LogP contribution in [0, 0.1) is 0 Å². The zero-order valence-corrected chi connectivity index (χ0v) is 9.13. The van der Waals surface area contributed by atoms with E-state index in [-0.39, 0.29) is 23.7 Å². The lowest BCUT2D eigenvalue weighted by Crippen LogP contribution is -2.48. The number of phenolic OH excluding ortho intramolecular Hbond substituents is 1. The molecule has 2 aliphatic heterocycles. The molecular formula is C12H14N2O2. The van der Waals surface area contributed by atoms with Crippen molar-refractivity contribution in [3.05, 3.63) is 24.3 Å². The van der Waals surface area contributed by atoms with Crippen LogP contribution in [-0.2, 0) is 4.79 Å². The Balaban J connectivity index is 1.95. The summed E-state index contributed by atoms with van der Waals surface area (Å²) in [6, 6.07) is 7.22. The Morgan fingerprint density at radius 3 is 2.88 bits per heavy atom. The zero-order valence-electron chi connectivity index (χ0n) is 9.13. The predicted molar refractivity (Wildman–Crippen MR) is 60.4 cm³/mol. The van der Waals surface area contributed by atoms with Gasteiger partial charge in [0.05, 0.1) is 12.1 Å². The minimum Gasteiger partial charge on any atom is -0.508 e. The van der Waals surface area contributed by atoms with Crippen molar-refractivity contribution < 1.29 is 9.90 Å². The molecule has 16 heavy (non-hydrogen) atoms. The number of likely N-dealkylation sites (N-methyl/N-ethyl adjacent to an activating group) is 1. The number of hydrogen-bond acceptors (Lipinski definition) is 3. The Morgan fingerprint density at radius 2 is 2.25 bits per heavy atom. The number of amides is 1. The smallest absolute Gasteiger partial charge is 0.244 e. The highest BCUT2D eigenvalue weighted by molar-refractivity contribution is 6.01. The Bertz CT molecular complexity index is 446. The van der Waals surface area contributed by atoms with E-state index in [1.54, 1.807) is 18.2 Å². The van der Waals surface area contributed by atoms with Crippen LogP contribution < -0.4 is 4.90 Å². The molecule has 0 aromatic heterocycles. The van der Waals surface area contributed by atoms with Gasteiger partial charge in [0.15, 0.2) is 0 Å². The van der Waals surface area contributed by atoms with Crippen LogP contribution in [0.5, 0.6) is 5.75 Å². The maximum Gasteiger partial charge on any atom is 0.244 e. The van der Waals surface area contributed by atoms with Crippen LogP contribution in [0.15, 0.2) is 24.3 Å². The number of nitrogens with zero attached hydrogens (tertiary/aromatic N) is 2. The van der Waals surface area contributed by atoms with Crippen molar-refractivity contribution in [2.45, 2.75) is 18.5 Å². The molecule has 4 heteroatoms. The fourth-order valence-corrected chi connectivity index (χ4v) is 2.77. The summed E-state index contributed by atoms with van der Waals surface area (Å²) in [4.78, 5) is 16.0. The average Bonchev–Trinajstić information content (AvgIpc) is 2.73. The molecule has 1 aromatic carbocycles. The summed E-state index contributed by atoms with van der Waals surface area (Å²) in [5.41, 5.74) is 0.811. The van der Waals surface area contributed by atoms with Crippen LogP contribution in [0.3, 0.4) is 0 Å². The molecule has 2 atom stereocenters. The standard InChI is InChI=1S/C12H14N2O2/c1-13-7-9-6-11(13)12(16)14(9)8-3-2-4-10(15)5-8/h2-5,9,11,15H,6-7H2,1H3. The van der Waals surface area contributed by atoms with Gasteiger partial charge in [-0.3, -0.25) is 9.69 Å². The van der Waals surface area contributed by atoms with Crippen LogP contribution in [0.1, 0.15) is 6.42 Å². The molecule has 0 radical (unpaired) electrons. The Kier molecular flexibility index (Phi) is 1.94. The van der Waals surface area contributed by atoms with E-state index in [9.17, 15) is 9.90 Å². The van der Waals surface area contributed by atoms with Crippen molar-refractivity contribution in [3.63, 3.8) is 0 Å². The van der Waals surface area contributed by atoms with E-state index in [1.165, 1.54) is 0 Å². The summed E-state index contributed by atoms with van der Waals surface area (Å²) in [7, 11) is 1.99. The van der Waals surface area contributed by atoms with Gasteiger partial charge >= 0.3 is 0 Å². The molecule has 84 valence electrons. The first-order valence-electron chi connectivity index (χ1n) is 5.49. The van der Waals surface area contributed by atoms with E-state index >= 15 is 0 Å². The van der Waals surface area contributed by atoms with Gasteiger partial charge in [0, 0.05) is 18.3 Å². The Hall–Kier alpha value is -1.55. The molecule has 0 spiro atoms. The van der Waals surface area contributed by atoms with E-state index in [0.29, 0.717) is 0 Å². The first kappa shape index (κ1) is 9.66. The summed E-state index contributed by atoms with van der Waals surface area (Å²) in [5.74, 6) is 0.366. The number of likely N-dealkylation sites (tertiary alicyclic amines) is 1. The van der Waals surface area contributed by atoms with Crippen LogP contribution in [0.4, 0.5) is 5.69 Å². The molecule has 2 fully saturated rings. The SMILES string of the molecule is CN1CC2CC1C(=O)N2c1cccc(O)c1. The number of benzene rings is 1. The van der Waals surface area contributed by atoms with Gasteiger partial charge in [-0.25, -0.2) is 0 Å². The number of anilines is 1. The van der Waals surface area contributed by atoms with Gasteiger partial charge < -0.3 is 10.0 Å². The third-order valence-corrected chi connectivity index (χ3v) is 3.52. The summed E-state index contributed by atoms with van der Waals surface area (Å²) in [6.07, 6.45) is 0.908. The minimum absolute atomic E-state index is 0.0346. The lowest BCUT2D eigenvalue weighted by atomic mass is 10.2. The van der Waals surface area contributed by atoms with Crippen LogP contribution in [-0.4, -0.2) is 41.6 Å². The summed E-state index contributed by atoms with van der Waals surface area (Å²) < 4.78 is 0. The number of rotatable bonds is 1. The molecule has 2 heterocycles. The van der Waals surface area contributed by atoms with E-state index in [2.05, 4.69) is 4.90 Å². The van der Waals surface area contributed by atoms with Gasteiger partial charge in [-0.1, -0.05) is 6.07 Å². The van der Waals surface area contributed by atoms with Gasteiger partial charge in [0.1, 0.15) is 5.75 Å². The number of aromatic hydroxyl groups is 1. The highest BCUT2D eigenvalue weighted by atomic mass is 16.3. The molecule has 3 rings (SSSR count). The second-order valence-corrected chi connectivity index (χ2v) is 4.57. The number of fused-ring (bicyclic) bond motifs is 2. The molecule has 1 amide bonds. The van der Waals surface area contributed by atoms with E-state index in [4.69, 9.17) is 0 Å². The fourth-order valence-electron chi connectivity index (χ4n) is 2.77. The number of carbonyl (C=O) groups excluding carboxylic acids is 1. The van der Waals surface area contributed by atoms with Crippen LogP contribution in [0.2, 0.25) is 0 Å². The van der Waals surface area contributed by atoms with Crippen molar-refractivity contribution in [1.82, 2.24) is 4.90 Å². The molecule has 0 saturated carbocycles. The van der Waals surface area contributed by atoms with Crippen molar-refractivity contribution in [2.75, 3.05) is 18.5 Å². The minimum atomic E-state index is 0.0346. The monoisotopic (exact) mass is 218 g/mol. The maximum absolute atomic E-state index is 12.1. The second-order valence-electron chi connectivity index (χ2n) is 4.57. The van der Waals surface area contributed by atoms with Gasteiger partial charge in [-0.15, -0.1) is 0 Å². The highest BCUT2D eigenvalue weighted by Crippen LogP contribution is 2.35. The maximum atomic E-state index is 12.1. The molecular weight excluding hydrogens is 204 g/mol. The number of piperazine rings is 1. The molecule has 1 N–H and O–H groups in total. The Labute approximate surface area is 94.1 Å². The van der Waals surface area contributed by atoms with Crippen molar-refractivity contribution >= 4 is 11.6 Å². The van der Waals surface area contributed by atoms with Gasteiger partial charge in [-0.05, 0) is 25.6 Å². The topological polar surface area (TPSA) is 43.8 Å². The first-order valence-corrected chi connectivity index (χ1v) is 5.49. The summed E-state index contributed by atoms with van der Waals surface area (Å²) in [5, 5.41) is 9.43. The quantitative estimate of drug-likeness (QED) is 0.758. The van der Waals surface area contributed by atoms with Gasteiger partial charge in [0.25, 0.3) is 0 Å². The zero-order chi connectivity index (χ0) is 11.3. The molecule has 4 nitrogen and oxygen atoms in total. The number of carbonyl (C=O) groups is 1. The van der Waals surface area contributed by atoms with E-state index < -0.39 is 0 Å². The normalized spacial score (nSPS) is 29.1.